The van der Waals surface area contributed by atoms with Gasteiger partial charge in [0.1, 0.15) is 5.82 Å². The van der Waals surface area contributed by atoms with Gasteiger partial charge >= 0.3 is 0 Å². The number of piperidine rings is 1. The van der Waals surface area contributed by atoms with Crippen molar-refractivity contribution in [1.29, 1.82) is 0 Å². The van der Waals surface area contributed by atoms with Gasteiger partial charge in [-0.05, 0) is 44.9 Å². The maximum absolute atomic E-state index is 12.5. The first kappa shape index (κ1) is 16.1. The van der Waals surface area contributed by atoms with Gasteiger partial charge in [0.25, 0.3) is 0 Å². The van der Waals surface area contributed by atoms with Crippen molar-refractivity contribution in [1.82, 2.24) is 14.9 Å². The van der Waals surface area contributed by atoms with Crippen LogP contribution in [0.4, 0.5) is 5.82 Å². The first-order valence-electron chi connectivity index (χ1n) is 7.97. The molecule has 3 heterocycles. The van der Waals surface area contributed by atoms with Gasteiger partial charge < -0.3 is 5.32 Å². The van der Waals surface area contributed by atoms with Crippen LogP contribution in [0, 0.1) is 19.8 Å². The summed E-state index contributed by atoms with van der Waals surface area (Å²) in [7, 11) is 0. The second-order valence-corrected chi connectivity index (χ2v) is 7.20. The molecule has 0 spiro atoms. The van der Waals surface area contributed by atoms with Crippen LogP contribution in [0.1, 0.15) is 29.1 Å². The van der Waals surface area contributed by atoms with Crippen LogP contribution in [-0.4, -0.2) is 33.9 Å². The number of amides is 1. The number of hydrogen-bond donors (Lipinski definition) is 1. The number of rotatable bonds is 4. The van der Waals surface area contributed by atoms with Crippen molar-refractivity contribution in [3.63, 3.8) is 0 Å². The molecule has 6 heteroatoms. The van der Waals surface area contributed by atoms with Crippen molar-refractivity contribution < 1.29 is 4.79 Å². The molecule has 3 rings (SSSR count). The van der Waals surface area contributed by atoms with Crippen LogP contribution in [0.2, 0.25) is 0 Å². The highest BCUT2D eigenvalue weighted by Gasteiger charge is 2.26. The lowest BCUT2D eigenvalue weighted by atomic mass is 9.97. The number of aryl methyl sites for hydroxylation is 2. The molecule has 1 atom stereocenters. The average Bonchev–Trinajstić information content (AvgIpc) is 2.95. The van der Waals surface area contributed by atoms with Gasteiger partial charge in [-0.3, -0.25) is 9.69 Å². The summed E-state index contributed by atoms with van der Waals surface area (Å²) in [6, 6.07) is 3.81. The van der Waals surface area contributed by atoms with Gasteiger partial charge in [0.05, 0.1) is 16.6 Å². The Kier molecular flexibility index (Phi) is 5.03. The predicted octanol–water partition coefficient (Wildman–Crippen LogP) is 3.01. The predicted molar refractivity (Wildman–Crippen MR) is 92.5 cm³/mol. The van der Waals surface area contributed by atoms with E-state index in [1.54, 1.807) is 17.5 Å². The van der Waals surface area contributed by atoms with Gasteiger partial charge in [0.15, 0.2) is 0 Å². The fraction of sp³-hybridized carbons (Fsp3) is 0.471. The smallest absolute Gasteiger partial charge is 0.229 e. The Morgan fingerprint density at radius 1 is 1.43 bits per heavy atom. The maximum Gasteiger partial charge on any atom is 0.229 e. The van der Waals surface area contributed by atoms with Crippen LogP contribution in [0.3, 0.4) is 0 Å². The number of carbonyl (C=O) groups is 1. The van der Waals surface area contributed by atoms with Gasteiger partial charge in [-0.25, -0.2) is 9.97 Å². The maximum atomic E-state index is 12.5. The number of likely N-dealkylation sites (tertiary alicyclic amines) is 1. The van der Waals surface area contributed by atoms with Crippen LogP contribution in [0.5, 0.6) is 0 Å². The molecular formula is C17H22N4OS. The van der Waals surface area contributed by atoms with Crippen LogP contribution in [-0.2, 0) is 11.3 Å². The number of aromatic nitrogens is 2. The minimum absolute atomic E-state index is 0.0200. The molecule has 2 aromatic rings. The second-order valence-electron chi connectivity index (χ2n) is 6.14. The van der Waals surface area contributed by atoms with Crippen LogP contribution in [0.15, 0.2) is 23.7 Å². The van der Waals surface area contributed by atoms with Crippen LogP contribution < -0.4 is 5.32 Å². The number of pyridine rings is 1. The standard InChI is InChI=1S/C17H22N4OS/c1-12-5-6-16(18-8-12)20-17(22)14-4-3-7-21(9-14)10-15-11-23-13(2)19-15/h5-6,8,11,14H,3-4,7,9-10H2,1-2H3,(H,18,20,22). The van der Waals surface area contributed by atoms with Crippen molar-refractivity contribution in [2.75, 3.05) is 18.4 Å². The molecule has 1 aliphatic heterocycles. The molecule has 122 valence electrons. The van der Waals surface area contributed by atoms with E-state index >= 15 is 0 Å². The van der Waals surface area contributed by atoms with Crippen LogP contribution >= 0.6 is 11.3 Å². The lowest BCUT2D eigenvalue weighted by Gasteiger charge is -2.31. The van der Waals surface area contributed by atoms with E-state index in [2.05, 4.69) is 25.6 Å². The van der Waals surface area contributed by atoms with Crippen molar-refractivity contribution in [3.8, 4) is 0 Å². The van der Waals surface area contributed by atoms with Gasteiger partial charge in [-0.2, -0.15) is 0 Å². The Morgan fingerprint density at radius 3 is 3.00 bits per heavy atom. The highest BCUT2D eigenvalue weighted by Crippen LogP contribution is 2.20. The second kappa shape index (κ2) is 7.19. The Labute approximate surface area is 140 Å². The SMILES string of the molecule is Cc1ccc(NC(=O)C2CCCN(Cc3csc(C)n3)C2)nc1. The highest BCUT2D eigenvalue weighted by atomic mass is 32.1. The summed E-state index contributed by atoms with van der Waals surface area (Å²) in [5.41, 5.74) is 2.19. The molecule has 1 aliphatic rings. The molecule has 0 saturated carbocycles. The van der Waals surface area contributed by atoms with Crippen LogP contribution in [0.25, 0.3) is 0 Å². The molecule has 1 saturated heterocycles. The zero-order chi connectivity index (χ0) is 16.2. The van der Waals surface area contributed by atoms with E-state index in [0.717, 1.165) is 48.7 Å². The first-order valence-corrected chi connectivity index (χ1v) is 8.85. The van der Waals surface area contributed by atoms with E-state index in [9.17, 15) is 4.79 Å². The van der Waals surface area contributed by atoms with Gasteiger partial charge in [0.2, 0.25) is 5.91 Å². The third kappa shape index (κ3) is 4.36. The zero-order valence-electron chi connectivity index (χ0n) is 13.6. The average molecular weight is 330 g/mol. The fourth-order valence-electron chi connectivity index (χ4n) is 2.89. The molecule has 0 bridgehead atoms. The topological polar surface area (TPSA) is 58.1 Å². The number of hydrogen-bond acceptors (Lipinski definition) is 5. The van der Waals surface area contributed by atoms with E-state index in [-0.39, 0.29) is 11.8 Å². The number of nitrogens with one attached hydrogen (secondary N) is 1. The van der Waals surface area contributed by atoms with Gasteiger partial charge in [0, 0.05) is 24.7 Å². The van der Waals surface area contributed by atoms with Crippen molar-refractivity contribution >= 4 is 23.1 Å². The Morgan fingerprint density at radius 2 is 2.30 bits per heavy atom. The summed E-state index contributed by atoms with van der Waals surface area (Å²) in [6.07, 6.45) is 3.75. The molecule has 2 aromatic heterocycles. The van der Waals surface area contributed by atoms with Crippen molar-refractivity contribution in [2.45, 2.75) is 33.2 Å². The molecule has 1 N–H and O–H groups in total. The van der Waals surface area contributed by atoms with E-state index in [1.165, 1.54) is 0 Å². The van der Waals surface area contributed by atoms with E-state index in [1.807, 2.05) is 26.0 Å². The number of anilines is 1. The molecule has 0 aromatic carbocycles. The van der Waals surface area contributed by atoms with E-state index in [4.69, 9.17) is 0 Å². The number of nitrogens with zero attached hydrogens (tertiary/aromatic N) is 3. The largest absolute Gasteiger partial charge is 0.310 e. The van der Waals surface area contributed by atoms with Crippen molar-refractivity contribution in [3.05, 3.63) is 40.0 Å². The minimum Gasteiger partial charge on any atom is -0.310 e. The van der Waals surface area contributed by atoms with E-state index in [0.29, 0.717) is 5.82 Å². The molecule has 1 fully saturated rings. The summed E-state index contributed by atoms with van der Waals surface area (Å²) in [5, 5.41) is 6.14. The molecule has 1 amide bonds. The van der Waals surface area contributed by atoms with Crippen molar-refractivity contribution in [2.24, 2.45) is 5.92 Å². The summed E-state index contributed by atoms with van der Waals surface area (Å²) in [6.45, 7) is 6.65. The number of carbonyl (C=O) groups excluding carboxylic acids is 1. The van der Waals surface area contributed by atoms with Gasteiger partial charge in [-0.1, -0.05) is 6.07 Å². The molecule has 0 aliphatic carbocycles. The van der Waals surface area contributed by atoms with Gasteiger partial charge in [-0.15, -0.1) is 11.3 Å². The molecular weight excluding hydrogens is 308 g/mol. The first-order chi connectivity index (χ1) is 11.1. The number of thiazole rings is 1. The zero-order valence-corrected chi connectivity index (χ0v) is 14.4. The summed E-state index contributed by atoms with van der Waals surface area (Å²) in [4.78, 5) is 23.6. The summed E-state index contributed by atoms with van der Waals surface area (Å²) >= 11 is 1.68. The molecule has 1 unspecified atom stereocenters. The fourth-order valence-corrected chi connectivity index (χ4v) is 3.50. The third-order valence-electron chi connectivity index (χ3n) is 4.09. The summed E-state index contributed by atoms with van der Waals surface area (Å²) < 4.78 is 0. The Balaban J connectivity index is 1.56. The monoisotopic (exact) mass is 330 g/mol. The molecule has 5 nitrogen and oxygen atoms in total. The Hall–Kier alpha value is -1.79. The van der Waals surface area contributed by atoms with E-state index < -0.39 is 0 Å². The normalized spacial score (nSPS) is 18.8. The molecule has 0 radical (unpaired) electrons. The summed E-state index contributed by atoms with van der Waals surface area (Å²) in [5.74, 6) is 0.722. The lowest BCUT2D eigenvalue weighted by molar-refractivity contribution is -0.121. The minimum atomic E-state index is 0.0200. The quantitative estimate of drug-likeness (QED) is 0.936. The third-order valence-corrected chi connectivity index (χ3v) is 4.91. The molecule has 23 heavy (non-hydrogen) atoms. The Bertz CT molecular complexity index is 667. The lowest BCUT2D eigenvalue weighted by Crippen LogP contribution is -2.40. The highest BCUT2D eigenvalue weighted by molar-refractivity contribution is 7.09.